The molecule has 0 aromatic rings. The van der Waals surface area contributed by atoms with Gasteiger partial charge in [-0.05, 0) is 38.3 Å². The minimum absolute atomic E-state index is 0.324. The lowest BCUT2D eigenvalue weighted by atomic mass is 9.85. The highest BCUT2D eigenvalue weighted by atomic mass is 16.4. The third kappa shape index (κ3) is 4.12. The van der Waals surface area contributed by atoms with Crippen LogP contribution in [-0.2, 0) is 0 Å². The Kier molecular flexibility index (Phi) is 4.60. The van der Waals surface area contributed by atoms with Gasteiger partial charge in [0.05, 0.1) is 0 Å². The zero-order valence-electron chi connectivity index (χ0n) is 8.00. The van der Waals surface area contributed by atoms with Gasteiger partial charge in [-0.3, -0.25) is 0 Å². The van der Waals surface area contributed by atoms with E-state index in [0.29, 0.717) is 12.3 Å². The van der Waals surface area contributed by atoms with Crippen LogP contribution in [-0.4, -0.2) is 24.1 Å². The molecule has 1 saturated carbocycles. The minimum atomic E-state index is 0.324. The predicted molar refractivity (Wildman–Crippen MR) is 52.9 cm³/mol. The largest absolute Gasteiger partial charge is 0.409 e. The molecule has 1 aliphatic carbocycles. The summed E-state index contributed by atoms with van der Waals surface area (Å²) in [5, 5.41) is 14.6. The third-order valence-corrected chi connectivity index (χ3v) is 2.57. The molecule has 1 aliphatic rings. The van der Waals surface area contributed by atoms with E-state index in [4.69, 9.17) is 10.9 Å². The van der Waals surface area contributed by atoms with Gasteiger partial charge < -0.3 is 16.3 Å². The lowest BCUT2D eigenvalue weighted by Crippen LogP contribution is -2.28. The van der Waals surface area contributed by atoms with Crippen LogP contribution in [0.2, 0.25) is 0 Å². The van der Waals surface area contributed by atoms with Crippen LogP contribution in [0.3, 0.4) is 0 Å². The number of nitrogens with one attached hydrogen (secondary N) is 1. The average Bonchev–Trinajstić information content (AvgIpc) is 2.07. The highest BCUT2D eigenvalue weighted by molar-refractivity contribution is 5.79. The summed E-state index contributed by atoms with van der Waals surface area (Å²) in [6.45, 7) is 2.10. The van der Waals surface area contributed by atoms with E-state index in [-0.39, 0.29) is 0 Å². The Balaban J connectivity index is 1.83. The van der Waals surface area contributed by atoms with Crippen molar-refractivity contribution in [3.63, 3.8) is 0 Å². The van der Waals surface area contributed by atoms with Crippen LogP contribution < -0.4 is 11.1 Å². The van der Waals surface area contributed by atoms with Crippen molar-refractivity contribution in [3.05, 3.63) is 0 Å². The van der Waals surface area contributed by atoms with Crippen molar-refractivity contribution in [3.8, 4) is 0 Å². The maximum absolute atomic E-state index is 8.27. The van der Waals surface area contributed by atoms with Crippen LogP contribution in [0.15, 0.2) is 5.16 Å². The van der Waals surface area contributed by atoms with Crippen molar-refractivity contribution < 1.29 is 5.21 Å². The maximum atomic E-state index is 8.27. The van der Waals surface area contributed by atoms with E-state index < -0.39 is 0 Å². The Bertz CT molecular complexity index is 166. The van der Waals surface area contributed by atoms with Gasteiger partial charge in [0.1, 0.15) is 5.84 Å². The summed E-state index contributed by atoms with van der Waals surface area (Å²) in [7, 11) is 0. The van der Waals surface area contributed by atoms with Crippen LogP contribution >= 0.6 is 0 Å². The lowest BCUT2D eigenvalue weighted by Gasteiger charge is -2.25. The number of nitrogens with zero attached hydrogens (tertiary/aromatic N) is 1. The Hall–Kier alpha value is -0.770. The van der Waals surface area contributed by atoms with Gasteiger partial charge in [0, 0.05) is 6.42 Å². The van der Waals surface area contributed by atoms with Gasteiger partial charge in [-0.1, -0.05) is 11.6 Å². The molecule has 0 atom stereocenters. The summed E-state index contributed by atoms with van der Waals surface area (Å²) in [5.41, 5.74) is 5.32. The molecule has 0 aromatic carbocycles. The van der Waals surface area contributed by atoms with Crippen LogP contribution in [0, 0.1) is 5.92 Å². The lowest BCUT2D eigenvalue weighted by molar-refractivity contribution is 0.301. The first-order valence-corrected chi connectivity index (χ1v) is 5.00. The van der Waals surface area contributed by atoms with Gasteiger partial charge in [-0.15, -0.1) is 0 Å². The van der Waals surface area contributed by atoms with E-state index in [9.17, 15) is 0 Å². The molecule has 0 radical (unpaired) electrons. The van der Waals surface area contributed by atoms with Gasteiger partial charge in [0.15, 0.2) is 0 Å². The normalized spacial score (nSPS) is 18.6. The number of rotatable bonds is 6. The van der Waals surface area contributed by atoms with E-state index in [0.717, 1.165) is 25.4 Å². The fraction of sp³-hybridized carbons (Fsp3) is 0.889. The number of amidine groups is 1. The Morgan fingerprint density at radius 2 is 2.31 bits per heavy atom. The summed E-state index contributed by atoms with van der Waals surface area (Å²) < 4.78 is 0. The first-order valence-electron chi connectivity index (χ1n) is 5.00. The molecule has 1 fully saturated rings. The second-order valence-corrected chi connectivity index (χ2v) is 3.70. The molecule has 0 spiro atoms. The van der Waals surface area contributed by atoms with Gasteiger partial charge >= 0.3 is 0 Å². The average molecular weight is 185 g/mol. The molecule has 0 bridgehead atoms. The molecule has 0 saturated heterocycles. The SMILES string of the molecule is NC(CCCNCC1CCC1)=NO. The second kappa shape index (κ2) is 5.80. The molecule has 4 heteroatoms. The van der Waals surface area contributed by atoms with E-state index in [1.54, 1.807) is 0 Å². The molecule has 1 rings (SSSR count). The van der Waals surface area contributed by atoms with Crippen molar-refractivity contribution in [2.45, 2.75) is 32.1 Å². The Morgan fingerprint density at radius 3 is 2.85 bits per heavy atom. The van der Waals surface area contributed by atoms with Gasteiger partial charge in [0.25, 0.3) is 0 Å². The Labute approximate surface area is 79.2 Å². The molecule has 13 heavy (non-hydrogen) atoms. The molecule has 0 aliphatic heterocycles. The van der Waals surface area contributed by atoms with E-state index in [1.807, 2.05) is 0 Å². The highest BCUT2D eigenvalue weighted by Crippen LogP contribution is 2.24. The van der Waals surface area contributed by atoms with Crippen LogP contribution in [0.4, 0.5) is 0 Å². The van der Waals surface area contributed by atoms with Gasteiger partial charge in [-0.2, -0.15) is 0 Å². The van der Waals surface area contributed by atoms with E-state index in [2.05, 4.69) is 10.5 Å². The smallest absolute Gasteiger partial charge is 0.139 e. The second-order valence-electron chi connectivity index (χ2n) is 3.70. The van der Waals surface area contributed by atoms with E-state index in [1.165, 1.54) is 19.3 Å². The molecular weight excluding hydrogens is 166 g/mol. The van der Waals surface area contributed by atoms with E-state index >= 15 is 0 Å². The standard InChI is InChI=1S/C9H19N3O/c10-9(12-13)5-2-6-11-7-8-3-1-4-8/h8,11,13H,1-7H2,(H2,10,12). The summed E-state index contributed by atoms with van der Waals surface area (Å²) in [4.78, 5) is 0. The first kappa shape index (κ1) is 10.3. The fourth-order valence-corrected chi connectivity index (χ4v) is 1.45. The van der Waals surface area contributed by atoms with Crippen LogP contribution in [0.5, 0.6) is 0 Å². The van der Waals surface area contributed by atoms with Crippen LogP contribution in [0.1, 0.15) is 32.1 Å². The van der Waals surface area contributed by atoms with Gasteiger partial charge in [-0.25, -0.2) is 0 Å². The topological polar surface area (TPSA) is 70.6 Å². The molecule has 76 valence electrons. The quantitative estimate of drug-likeness (QED) is 0.189. The molecule has 4 nitrogen and oxygen atoms in total. The van der Waals surface area contributed by atoms with Crippen molar-refractivity contribution in [2.75, 3.05) is 13.1 Å². The summed E-state index contributed by atoms with van der Waals surface area (Å²) in [5.74, 6) is 1.23. The number of hydrogen-bond donors (Lipinski definition) is 3. The number of hydrogen-bond acceptors (Lipinski definition) is 3. The zero-order valence-corrected chi connectivity index (χ0v) is 8.00. The third-order valence-electron chi connectivity index (χ3n) is 2.57. The minimum Gasteiger partial charge on any atom is -0.409 e. The summed E-state index contributed by atoms with van der Waals surface area (Å²) in [6.07, 6.45) is 5.79. The fourth-order valence-electron chi connectivity index (χ4n) is 1.45. The van der Waals surface area contributed by atoms with Crippen molar-refractivity contribution >= 4 is 5.84 Å². The van der Waals surface area contributed by atoms with Crippen LogP contribution in [0.25, 0.3) is 0 Å². The summed E-state index contributed by atoms with van der Waals surface area (Å²) >= 11 is 0. The Morgan fingerprint density at radius 1 is 1.54 bits per heavy atom. The number of nitrogens with two attached hydrogens (primary N) is 1. The predicted octanol–water partition coefficient (Wildman–Crippen LogP) is 0.903. The zero-order chi connectivity index (χ0) is 9.52. The van der Waals surface area contributed by atoms with Crippen molar-refractivity contribution in [1.82, 2.24) is 5.32 Å². The molecule has 0 aromatic heterocycles. The molecule has 4 N–H and O–H groups in total. The maximum Gasteiger partial charge on any atom is 0.139 e. The molecule has 0 heterocycles. The highest BCUT2D eigenvalue weighted by Gasteiger charge is 2.15. The molecular formula is C9H19N3O. The van der Waals surface area contributed by atoms with Gasteiger partial charge in [0.2, 0.25) is 0 Å². The monoisotopic (exact) mass is 185 g/mol. The molecule has 0 unspecified atom stereocenters. The first-order chi connectivity index (χ1) is 6.33. The number of oxime groups is 1. The van der Waals surface area contributed by atoms with Crippen molar-refractivity contribution in [1.29, 1.82) is 0 Å². The molecule has 0 amide bonds. The summed E-state index contributed by atoms with van der Waals surface area (Å²) in [6, 6.07) is 0. The van der Waals surface area contributed by atoms with Crippen molar-refractivity contribution in [2.24, 2.45) is 16.8 Å².